The van der Waals surface area contributed by atoms with E-state index in [1.165, 1.54) is 0 Å². The predicted octanol–water partition coefficient (Wildman–Crippen LogP) is 3.03. The van der Waals surface area contributed by atoms with Crippen LogP contribution in [0.2, 0.25) is 0 Å². The molecule has 3 aliphatic heterocycles. The van der Waals surface area contributed by atoms with Gasteiger partial charge in [0.25, 0.3) is 0 Å². The molecule has 1 aromatic carbocycles. The van der Waals surface area contributed by atoms with Gasteiger partial charge in [0, 0.05) is 22.3 Å². The number of methoxy groups -OCH3 is 1. The van der Waals surface area contributed by atoms with Crippen molar-refractivity contribution in [3.8, 4) is 5.75 Å². The molecule has 0 aromatic heterocycles. The van der Waals surface area contributed by atoms with Gasteiger partial charge >= 0.3 is 0 Å². The van der Waals surface area contributed by atoms with Gasteiger partial charge in [0.2, 0.25) is 17.7 Å². The zero-order valence-electron chi connectivity index (χ0n) is 21.2. The average Bonchev–Trinajstić information content (AvgIpc) is 3.44. The van der Waals surface area contributed by atoms with E-state index in [0.717, 1.165) is 6.42 Å². The number of nitrogens with zero attached hydrogens (tertiary/aromatic N) is 1. The van der Waals surface area contributed by atoms with E-state index < -0.39 is 28.7 Å². The SMILES string of the molecule is CCCNC(=O)[C@H]1[C@@H]2SC3(CC2Br)C(C(=O)Nc2ccc(OC)cc2)N([C@@H](CO)CC(C)C)C(=O)[C@H]13. The summed E-state index contributed by atoms with van der Waals surface area (Å²) in [5.74, 6) is -0.849. The van der Waals surface area contributed by atoms with Crippen LogP contribution in [0, 0.1) is 17.8 Å². The van der Waals surface area contributed by atoms with E-state index in [1.807, 2.05) is 20.8 Å². The summed E-state index contributed by atoms with van der Waals surface area (Å²) < 4.78 is 4.47. The molecule has 4 rings (SSSR count). The minimum absolute atomic E-state index is 0.0119. The summed E-state index contributed by atoms with van der Waals surface area (Å²) in [5.41, 5.74) is 0.600. The maximum absolute atomic E-state index is 14.1. The molecule has 3 amide bonds. The number of halogens is 1. The van der Waals surface area contributed by atoms with Crippen LogP contribution < -0.4 is 15.4 Å². The standard InChI is InChI=1S/C26H36BrN3O5S/c1-5-10-28-23(32)19-20-25(34)30(16(13-31)11-14(2)3)22(26(20)12-18(27)21(19)36-26)24(33)29-15-6-8-17(35-4)9-7-15/h6-9,14,16,18-22,31H,5,10-13H2,1-4H3,(H,28,32)(H,29,33)/t16-,18?,19-,20+,21-,22?,26?/m1/s1. The number of amides is 3. The second kappa shape index (κ2) is 10.9. The fourth-order valence-electron chi connectivity index (χ4n) is 6.13. The van der Waals surface area contributed by atoms with Crippen molar-refractivity contribution in [3.05, 3.63) is 24.3 Å². The Morgan fingerprint density at radius 2 is 1.97 bits per heavy atom. The number of carbonyl (C=O) groups excluding carboxylic acids is 3. The Labute approximate surface area is 225 Å². The van der Waals surface area contributed by atoms with Crippen molar-refractivity contribution >= 4 is 51.1 Å². The normalized spacial score (nSPS) is 31.5. The van der Waals surface area contributed by atoms with E-state index in [1.54, 1.807) is 48.0 Å². The van der Waals surface area contributed by atoms with E-state index >= 15 is 0 Å². The van der Waals surface area contributed by atoms with Crippen LogP contribution in [-0.4, -0.2) is 74.9 Å². The number of alkyl halides is 1. The Hall–Kier alpha value is -1.78. The zero-order chi connectivity index (χ0) is 26.2. The highest BCUT2D eigenvalue weighted by atomic mass is 79.9. The summed E-state index contributed by atoms with van der Waals surface area (Å²) in [7, 11) is 1.58. The lowest BCUT2D eigenvalue weighted by atomic mass is 9.70. The van der Waals surface area contributed by atoms with Crippen molar-refractivity contribution in [3.63, 3.8) is 0 Å². The van der Waals surface area contributed by atoms with Gasteiger partial charge in [-0.25, -0.2) is 0 Å². The summed E-state index contributed by atoms with van der Waals surface area (Å²) in [6.07, 6.45) is 1.97. The minimum atomic E-state index is -0.799. The Morgan fingerprint density at radius 1 is 1.28 bits per heavy atom. The molecule has 3 heterocycles. The molecule has 0 aliphatic carbocycles. The molecule has 0 saturated carbocycles. The van der Waals surface area contributed by atoms with Gasteiger partial charge < -0.3 is 25.4 Å². The lowest BCUT2D eigenvalue weighted by Crippen LogP contribution is -2.55. The number of rotatable bonds is 10. The Morgan fingerprint density at radius 3 is 2.56 bits per heavy atom. The number of anilines is 1. The second-order valence-corrected chi connectivity index (χ2v) is 13.1. The summed E-state index contributed by atoms with van der Waals surface area (Å²) in [4.78, 5) is 43.0. The average molecular weight is 583 g/mol. The number of hydrogen-bond donors (Lipinski definition) is 3. The lowest BCUT2D eigenvalue weighted by Gasteiger charge is -2.37. The second-order valence-electron chi connectivity index (χ2n) is 10.4. The molecule has 3 fully saturated rings. The number of nitrogens with one attached hydrogen (secondary N) is 2. The largest absolute Gasteiger partial charge is 0.497 e. The van der Waals surface area contributed by atoms with Crippen molar-refractivity contribution in [1.29, 1.82) is 0 Å². The fraction of sp³-hybridized carbons (Fsp3) is 0.654. The monoisotopic (exact) mass is 581 g/mol. The smallest absolute Gasteiger partial charge is 0.248 e. The van der Waals surface area contributed by atoms with Crippen LogP contribution in [0.4, 0.5) is 5.69 Å². The van der Waals surface area contributed by atoms with Crippen LogP contribution in [0.15, 0.2) is 24.3 Å². The molecule has 7 atom stereocenters. The van der Waals surface area contributed by atoms with Crippen LogP contribution >= 0.6 is 27.7 Å². The van der Waals surface area contributed by atoms with Crippen molar-refractivity contribution in [1.82, 2.24) is 10.2 Å². The van der Waals surface area contributed by atoms with E-state index in [0.29, 0.717) is 30.8 Å². The van der Waals surface area contributed by atoms with Gasteiger partial charge in [-0.05, 0) is 49.4 Å². The van der Waals surface area contributed by atoms with E-state index in [-0.39, 0.29) is 40.3 Å². The molecule has 3 unspecified atom stereocenters. The summed E-state index contributed by atoms with van der Waals surface area (Å²) in [5, 5.41) is 16.2. The van der Waals surface area contributed by atoms with Crippen LogP contribution in [0.25, 0.3) is 0 Å². The van der Waals surface area contributed by atoms with Crippen molar-refractivity contribution < 1.29 is 24.2 Å². The molecule has 3 saturated heterocycles. The van der Waals surface area contributed by atoms with Crippen LogP contribution in [0.3, 0.4) is 0 Å². The highest BCUT2D eigenvalue weighted by molar-refractivity contribution is 9.09. The maximum Gasteiger partial charge on any atom is 0.248 e. The molecular weight excluding hydrogens is 546 g/mol. The lowest BCUT2D eigenvalue weighted by molar-refractivity contribution is -0.142. The number of hydrogen-bond acceptors (Lipinski definition) is 6. The molecule has 3 aliphatic rings. The number of carbonyl (C=O) groups is 3. The highest BCUT2D eigenvalue weighted by Crippen LogP contribution is 2.68. The van der Waals surface area contributed by atoms with Gasteiger partial charge in [-0.1, -0.05) is 36.7 Å². The third kappa shape index (κ3) is 4.65. The van der Waals surface area contributed by atoms with Gasteiger partial charge in [-0.15, -0.1) is 11.8 Å². The van der Waals surface area contributed by atoms with Gasteiger partial charge in [0.15, 0.2) is 0 Å². The predicted molar refractivity (Wildman–Crippen MR) is 144 cm³/mol. The van der Waals surface area contributed by atoms with Crippen molar-refractivity contribution in [2.75, 3.05) is 25.6 Å². The Kier molecular flexibility index (Phi) is 8.26. The first-order valence-electron chi connectivity index (χ1n) is 12.7. The van der Waals surface area contributed by atoms with Crippen LogP contribution in [-0.2, 0) is 14.4 Å². The van der Waals surface area contributed by atoms with E-state index in [9.17, 15) is 19.5 Å². The van der Waals surface area contributed by atoms with Gasteiger partial charge in [-0.3, -0.25) is 14.4 Å². The van der Waals surface area contributed by atoms with Gasteiger partial charge in [-0.2, -0.15) is 0 Å². The molecule has 3 N–H and O–H groups in total. The van der Waals surface area contributed by atoms with Gasteiger partial charge in [0.05, 0.1) is 36.3 Å². The Bertz CT molecular complexity index is 992. The number of aliphatic hydroxyl groups excluding tert-OH is 1. The molecule has 2 bridgehead atoms. The number of ether oxygens (including phenoxy) is 1. The van der Waals surface area contributed by atoms with Crippen molar-refractivity contribution in [2.24, 2.45) is 17.8 Å². The molecule has 8 nitrogen and oxygen atoms in total. The number of likely N-dealkylation sites (tertiary alicyclic amines) is 1. The third-order valence-corrected chi connectivity index (χ3v) is 10.8. The van der Waals surface area contributed by atoms with Crippen LogP contribution in [0.5, 0.6) is 5.75 Å². The quantitative estimate of drug-likeness (QED) is 0.366. The molecule has 1 spiro atoms. The Balaban J connectivity index is 1.73. The first-order valence-corrected chi connectivity index (χ1v) is 14.5. The molecule has 1 aromatic rings. The van der Waals surface area contributed by atoms with E-state index in [2.05, 4.69) is 26.6 Å². The maximum atomic E-state index is 14.1. The van der Waals surface area contributed by atoms with Crippen LogP contribution in [0.1, 0.15) is 40.0 Å². The molecule has 36 heavy (non-hydrogen) atoms. The molecule has 10 heteroatoms. The summed E-state index contributed by atoms with van der Waals surface area (Å²) >= 11 is 5.37. The molecule has 0 radical (unpaired) electrons. The van der Waals surface area contributed by atoms with Gasteiger partial charge in [0.1, 0.15) is 11.8 Å². The number of thioether (sulfide) groups is 1. The topological polar surface area (TPSA) is 108 Å². The summed E-state index contributed by atoms with van der Waals surface area (Å²) in [6.45, 7) is 6.36. The van der Waals surface area contributed by atoms with E-state index in [4.69, 9.17) is 4.74 Å². The zero-order valence-corrected chi connectivity index (χ0v) is 23.6. The minimum Gasteiger partial charge on any atom is -0.497 e. The summed E-state index contributed by atoms with van der Waals surface area (Å²) in [6, 6.07) is 5.75. The third-order valence-electron chi connectivity index (χ3n) is 7.53. The number of aliphatic hydroxyl groups is 1. The first kappa shape index (κ1) is 27.3. The number of benzene rings is 1. The number of fused-ring (bicyclic) bond motifs is 1. The van der Waals surface area contributed by atoms with Crippen molar-refractivity contribution in [2.45, 2.75) is 66.9 Å². The fourth-order valence-corrected chi connectivity index (χ4v) is 9.73. The highest BCUT2D eigenvalue weighted by Gasteiger charge is 2.76. The first-order chi connectivity index (χ1) is 17.2. The molecular formula is C26H36BrN3O5S. The molecule has 198 valence electrons.